The van der Waals surface area contributed by atoms with Crippen LogP contribution in [0.15, 0.2) is 54.6 Å². The molecule has 1 N–H and O–H groups in total. The van der Waals surface area contributed by atoms with Crippen LogP contribution in [0.5, 0.6) is 5.75 Å². The second kappa shape index (κ2) is 10.5. The van der Waals surface area contributed by atoms with Crippen molar-refractivity contribution in [3.8, 4) is 5.75 Å². The molecule has 3 rings (SSSR count). The Bertz CT molecular complexity index is 656. The van der Waals surface area contributed by atoms with Gasteiger partial charge in [-0.05, 0) is 61.0 Å². The van der Waals surface area contributed by atoms with Crippen molar-refractivity contribution in [2.75, 3.05) is 33.3 Å². The highest BCUT2D eigenvalue weighted by Crippen LogP contribution is 2.32. The van der Waals surface area contributed by atoms with Crippen LogP contribution < -0.4 is 10.1 Å². The largest absolute Gasteiger partial charge is 0.497 e. The summed E-state index contributed by atoms with van der Waals surface area (Å²) in [5, 5.41) is 3.72. The Morgan fingerprint density at radius 2 is 1.85 bits per heavy atom. The van der Waals surface area contributed by atoms with E-state index in [1.54, 1.807) is 7.11 Å². The molecule has 0 aliphatic carbocycles. The Morgan fingerprint density at radius 3 is 2.56 bits per heavy atom. The summed E-state index contributed by atoms with van der Waals surface area (Å²) in [5.74, 6) is 2.24. The number of nitrogens with zero attached hydrogens (tertiary/aromatic N) is 1. The van der Waals surface area contributed by atoms with E-state index >= 15 is 0 Å². The SMILES string of the molecule is CCCCN1CC[C@H](c2ccccc2)[C@@H](CNCc2ccc(OC)cc2)C1. The number of nitrogens with one attached hydrogen (secondary N) is 1. The lowest BCUT2D eigenvalue weighted by atomic mass is 9.80. The number of likely N-dealkylation sites (tertiary alicyclic amines) is 1. The number of hydrogen-bond acceptors (Lipinski definition) is 3. The van der Waals surface area contributed by atoms with Crippen molar-refractivity contribution in [3.05, 3.63) is 65.7 Å². The van der Waals surface area contributed by atoms with Gasteiger partial charge in [-0.1, -0.05) is 55.8 Å². The monoisotopic (exact) mass is 366 g/mol. The Hall–Kier alpha value is -1.84. The first-order chi connectivity index (χ1) is 13.3. The van der Waals surface area contributed by atoms with Gasteiger partial charge in [0.25, 0.3) is 0 Å². The molecule has 3 heteroatoms. The van der Waals surface area contributed by atoms with Gasteiger partial charge < -0.3 is 15.0 Å². The van der Waals surface area contributed by atoms with E-state index in [1.165, 1.54) is 50.0 Å². The molecule has 2 aromatic carbocycles. The molecule has 146 valence electrons. The number of ether oxygens (including phenoxy) is 1. The average Bonchev–Trinajstić information content (AvgIpc) is 2.73. The lowest BCUT2D eigenvalue weighted by molar-refractivity contribution is 0.149. The molecule has 0 bridgehead atoms. The van der Waals surface area contributed by atoms with Crippen molar-refractivity contribution in [2.24, 2.45) is 5.92 Å². The number of hydrogen-bond donors (Lipinski definition) is 1. The maximum absolute atomic E-state index is 5.25. The van der Waals surface area contributed by atoms with Gasteiger partial charge in [-0.2, -0.15) is 0 Å². The molecule has 2 atom stereocenters. The third-order valence-electron chi connectivity index (χ3n) is 5.77. The summed E-state index contributed by atoms with van der Waals surface area (Å²) in [4.78, 5) is 2.67. The molecule has 0 spiro atoms. The Kier molecular flexibility index (Phi) is 7.73. The molecule has 2 aromatic rings. The topological polar surface area (TPSA) is 24.5 Å². The zero-order valence-electron chi connectivity index (χ0n) is 16.9. The minimum absolute atomic E-state index is 0.660. The summed E-state index contributed by atoms with van der Waals surface area (Å²) in [6.07, 6.45) is 3.85. The van der Waals surface area contributed by atoms with Gasteiger partial charge in [0.15, 0.2) is 0 Å². The standard InChI is InChI=1S/C24H34N2O/c1-3-4-15-26-16-14-24(21-8-6-5-7-9-21)22(19-26)18-25-17-20-10-12-23(27-2)13-11-20/h5-13,22,24-25H,3-4,14-19H2,1-2H3/t22-,24+/m0/s1. The highest BCUT2D eigenvalue weighted by Gasteiger charge is 2.29. The first-order valence-corrected chi connectivity index (χ1v) is 10.4. The zero-order chi connectivity index (χ0) is 18.9. The van der Waals surface area contributed by atoms with E-state index in [4.69, 9.17) is 4.74 Å². The zero-order valence-corrected chi connectivity index (χ0v) is 16.9. The van der Waals surface area contributed by atoms with Gasteiger partial charge in [0, 0.05) is 19.6 Å². The number of piperidine rings is 1. The Labute approximate surface area is 164 Å². The molecule has 1 fully saturated rings. The van der Waals surface area contributed by atoms with E-state index in [0.717, 1.165) is 18.8 Å². The van der Waals surface area contributed by atoms with Gasteiger partial charge in [0.05, 0.1) is 7.11 Å². The quantitative estimate of drug-likeness (QED) is 0.697. The lowest BCUT2D eigenvalue weighted by Gasteiger charge is -2.39. The van der Waals surface area contributed by atoms with Crippen LogP contribution in [-0.2, 0) is 6.54 Å². The fourth-order valence-electron chi connectivity index (χ4n) is 4.18. The number of unbranched alkanes of at least 4 members (excludes halogenated alkanes) is 1. The molecular weight excluding hydrogens is 332 g/mol. The molecule has 0 aromatic heterocycles. The first-order valence-electron chi connectivity index (χ1n) is 10.4. The molecule has 3 nitrogen and oxygen atoms in total. The van der Waals surface area contributed by atoms with Crippen LogP contribution in [0, 0.1) is 5.92 Å². The normalized spacial score (nSPS) is 20.5. The van der Waals surface area contributed by atoms with Crippen molar-refractivity contribution in [3.63, 3.8) is 0 Å². The molecular formula is C24H34N2O. The summed E-state index contributed by atoms with van der Waals surface area (Å²) >= 11 is 0. The molecule has 0 amide bonds. The molecule has 0 unspecified atom stereocenters. The molecule has 27 heavy (non-hydrogen) atoms. The van der Waals surface area contributed by atoms with E-state index in [9.17, 15) is 0 Å². The molecule has 1 aliphatic heterocycles. The summed E-state index contributed by atoms with van der Waals surface area (Å²) in [6, 6.07) is 19.5. The third-order valence-corrected chi connectivity index (χ3v) is 5.77. The third kappa shape index (κ3) is 5.82. The number of methoxy groups -OCH3 is 1. The predicted octanol–water partition coefficient (Wildman–Crippen LogP) is 4.69. The summed E-state index contributed by atoms with van der Waals surface area (Å²) in [5.41, 5.74) is 2.81. The highest BCUT2D eigenvalue weighted by atomic mass is 16.5. The van der Waals surface area contributed by atoms with Crippen LogP contribution in [-0.4, -0.2) is 38.2 Å². The molecule has 0 radical (unpaired) electrons. The van der Waals surface area contributed by atoms with Crippen LogP contribution >= 0.6 is 0 Å². The summed E-state index contributed by atoms with van der Waals surface area (Å²) < 4.78 is 5.25. The van der Waals surface area contributed by atoms with Crippen LogP contribution in [0.25, 0.3) is 0 Å². The van der Waals surface area contributed by atoms with E-state index in [2.05, 4.69) is 59.6 Å². The van der Waals surface area contributed by atoms with Crippen molar-refractivity contribution < 1.29 is 4.74 Å². The van der Waals surface area contributed by atoms with Gasteiger partial charge >= 0.3 is 0 Å². The second-order valence-corrected chi connectivity index (χ2v) is 7.70. The van der Waals surface area contributed by atoms with Crippen LogP contribution in [0.1, 0.15) is 43.2 Å². The van der Waals surface area contributed by atoms with Crippen molar-refractivity contribution in [2.45, 2.75) is 38.6 Å². The minimum Gasteiger partial charge on any atom is -0.497 e. The molecule has 1 aliphatic rings. The molecule has 1 heterocycles. The highest BCUT2D eigenvalue weighted by molar-refractivity contribution is 5.27. The number of rotatable bonds is 9. The Balaban J connectivity index is 1.59. The van der Waals surface area contributed by atoms with Gasteiger partial charge in [-0.25, -0.2) is 0 Å². The van der Waals surface area contributed by atoms with Gasteiger partial charge in [0.2, 0.25) is 0 Å². The first kappa shape index (κ1) is 19.9. The smallest absolute Gasteiger partial charge is 0.118 e. The number of benzene rings is 2. The van der Waals surface area contributed by atoms with Crippen molar-refractivity contribution >= 4 is 0 Å². The Morgan fingerprint density at radius 1 is 1.07 bits per heavy atom. The maximum atomic E-state index is 5.25. The van der Waals surface area contributed by atoms with E-state index in [-0.39, 0.29) is 0 Å². The summed E-state index contributed by atoms with van der Waals surface area (Å²) in [7, 11) is 1.71. The van der Waals surface area contributed by atoms with E-state index < -0.39 is 0 Å². The summed E-state index contributed by atoms with van der Waals surface area (Å²) in [6.45, 7) is 7.94. The molecule has 1 saturated heterocycles. The maximum Gasteiger partial charge on any atom is 0.118 e. The fourth-order valence-corrected chi connectivity index (χ4v) is 4.18. The van der Waals surface area contributed by atoms with Gasteiger partial charge in [-0.15, -0.1) is 0 Å². The second-order valence-electron chi connectivity index (χ2n) is 7.70. The van der Waals surface area contributed by atoms with Gasteiger partial charge in [0.1, 0.15) is 5.75 Å². The van der Waals surface area contributed by atoms with Crippen LogP contribution in [0.3, 0.4) is 0 Å². The minimum atomic E-state index is 0.660. The molecule has 0 saturated carbocycles. The van der Waals surface area contributed by atoms with E-state index in [1.807, 2.05) is 12.1 Å². The van der Waals surface area contributed by atoms with Crippen LogP contribution in [0.2, 0.25) is 0 Å². The van der Waals surface area contributed by atoms with Crippen LogP contribution in [0.4, 0.5) is 0 Å². The van der Waals surface area contributed by atoms with Gasteiger partial charge in [-0.3, -0.25) is 0 Å². The fraction of sp³-hybridized carbons (Fsp3) is 0.500. The van der Waals surface area contributed by atoms with E-state index in [0.29, 0.717) is 11.8 Å². The van der Waals surface area contributed by atoms with Crippen molar-refractivity contribution in [1.29, 1.82) is 0 Å². The lowest BCUT2D eigenvalue weighted by Crippen LogP contribution is -2.43. The van der Waals surface area contributed by atoms with Crippen molar-refractivity contribution in [1.82, 2.24) is 10.2 Å². The predicted molar refractivity (Wildman–Crippen MR) is 113 cm³/mol. The average molecular weight is 367 g/mol.